The minimum atomic E-state index is -1.47. The molecule has 0 fully saturated rings. The molecule has 18 heteroatoms. The maximum Gasteiger partial charge on any atom is 0.415 e. The van der Waals surface area contributed by atoms with Crippen LogP contribution in [0.4, 0.5) is 22.4 Å². The van der Waals surface area contributed by atoms with Crippen molar-refractivity contribution < 1.29 is 55.7 Å². The molecule has 4 aromatic rings. The number of aliphatic imine (C=N–C) groups is 2. The number of amidine groups is 2. The molecule has 2 aliphatic heterocycles. The Kier molecular flexibility index (Phi) is 16.6. The van der Waals surface area contributed by atoms with E-state index in [1.54, 1.807) is 34.6 Å². The molecule has 0 saturated heterocycles. The van der Waals surface area contributed by atoms with Gasteiger partial charge in [-0.05, 0) is 81.1 Å². The number of rotatable bonds is 14. The van der Waals surface area contributed by atoms with E-state index >= 15 is 0 Å². The summed E-state index contributed by atoms with van der Waals surface area (Å²) in [6.07, 6.45) is -0.703. The fraction of sp³-hybridized carbons (Fsp3) is 0.367. The Morgan fingerprint density at radius 1 is 0.687 bits per heavy atom. The van der Waals surface area contributed by atoms with Crippen LogP contribution in [0.25, 0.3) is 0 Å². The van der Waals surface area contributed by atoms with Gasteiger partial charge in [0.1, 0.15) is 40.5 Å². The molecule has 0 saturated carbocycles. The second-order valence-electron chi connectivity index (χ2n) is 17.3. The van der Waals surface area contributed by atoms with Gasteiger partial charge in [-0.25, -0.2) is 36.9 Å². The van der Waals surface area contributed by atoms with Crippen molar-refractivity contribution in [2.24, 2.45) is 9.98 Å². The van der Waals surface area contributed by atoms with E-state index in [2.05, 4.69) is 25.9 Å². The number of carbonyl (C=O) groups is 5. The molecule has 0 aliphatic carbocycles. The number of benzene rings is 4. The van der Waals surface area contributed by atoms with Gasteiger partial charge in [-0.1, -0.05) is 60.7 Å². The summed E-state index contributed by atoms with van der Waals surface area (Å²) in [6.45, 7) is 8.44. The zero-order chi connectivity index (χ0) is 49.1. The Bertz CT molecular complexity index is 2460. The van der Waals surface area contributed by atoms with Crippen molar-refractivity contribution in [3.63, 3.8) is 0 Å². The van der Waals surface area contributed by atoms with Gasteiger partial charge in [-0.3, -0.25) is 19.5 Å². The Morgan fingerprint density at radius 3 is 1.61 bits per heavy atom. The molecule has 3 amide bonds. The lowest BCUT2D eigenvalue weighted by Gasteiger charge is -2.29. The molecule has 4 atom stereocenters. The van der Waals surface area contributed by atoms with Gasteiger partial charge in [0.15, 0.2) is 11.1 Å². The van der Waals surface area contributed by atoms with Gasteiger partial charge < -0.3 is 30.2 Å². The predicted molar refractivity (Wildman–Crippen MR) is 241 cm³/mol. The van der Waals surface area contributed by atoms with Crippen molar-refractivity contribution in [3.8, 4) is 0 Å². The van der Waals surface area contributed by atoms with Crippen LogP contribution in [0.15, 0.2) is 107 Å². The summed E-state index contributed by atoms with van der Waals surface area (Å²) in [5.41, 5.74) is -1.24. The summed E-state index contributed by atoms with van der Waals surface area (Å²) in [4.78, 5) is 74.0. The van der Waals surface area contributed by atoms with E-state index in [0.717, 1.165) is 47.5 Å². The Labute approximate surface area is 386 Å². The van der Waals surface area contributed by atoms with Crippen molar-refractivity contribution in [1.82, 2.24) is 20.9 Å². The summed E-state index contributed by atoms with van der Waals surface area (Å²) in [5, 5.41) is 8.57. The molecule has 0 radical (unpaired) electrons. The van der Waals surface area contributed by atoms with Crippen molar-refractivity contribution in [3.05, 3.63) is 143 Å². The van der Waals surface area contributed by atoms with Gasteiger partial charge in [0.05, 0.1) is 52.2 Å². The number of methoxy groups -OCH3 is 2. The van der Waals surface area contributed by atoms with Crippen molar-refractivity contribution in [1.29, 1.82) is 0 Å². The molecule has 67 heavy (non-hydrogen) atoms. The molecule has 2 aliphatic rings. The minimum Gasteiger partial charge on any atom is -0.467 e. The van der Waals surface area contributed by atoms with Crippen LogP contribution in [0.2, 0.25) is 0 Å². The predicted octanol–water partition coefficient (Wildman–Crippen LogP) is 5.98. The second-order valence-corrected chi connectivity index (χ2v) is 17.3. The number of nitrogens with zero attached hydrogens (tertiary/aromatic N) is 3. The standard InChI is InChI=1S/C27H31F2N3O5.C22H23F2N3O3/c1-17(30-22(33)13-19-11-20(28)14-21(29)12-19)23-31-27(24(34)36-5,15-18-9-7-6-8-10-18)16-32(23)25(35)37-26(2,3)4;1-14(26-19(28)10-16-8-17(23)11-18(24)9-16)20-25-13-22(27-20,21(29)30-2)12-15-6-4-3-5-7-15/h6-12,14,17H,13,15-16H2,1-5H3,(H,30,33);3-9,11,14H,10,12-13H2,1-2H3,(H,25,27)(H,26,28). The van der Waals surface area contributed by atoms with Gasteiger partial charge in [-0.2, -0.15) is 0 Å². The summed E-state index contributed by atoms with van der Waals surface area (Å²) in [7, 11) is 2.56. The maximum absolute atomic E-state index is 13.5. The number of hydrogen-bond acceptors (Lipinski definition) is 11. The van der Waals surface area contributed by atoms with Gasteiger partial charge in [0.25, 0.3) is 0 Å². The third-order valence-electron chi connectivity index (χ3n) is 10.5. The molecular weight excluding hydrogens is 877 g/mol. The largest absolute Gasteiger partial charge is 0.467 e. The highest BCUT2D eigenvalue weighted by Crippen LogP contribution is 2.30. The van der Waals surface area contributed by atoms with Crippen LogP contribution in [-0.2, 0) is 59.1 Å². The van der Waals surface area contributed by atoms with E-state index in [0.29, 0.717) is 12.3 Å². The van der Waals surface area contributed by atoms with Crippen molar-refractivity contribution >= 4 is 41.5 Å². The highest BCUT2D eigenvalue weighted by atomic mass is 19.1. The number of nitrogens with one attached hydrogen (secondary N) is 3. The normalized spacial score (nSPS) is 18.5. The number of ether oxygens (including phenoxy) is 3. The maximum atomic E-state index is 13.5. The summed E-state index contributed by atoms with van der Waals surface area (Å²) in [6, 6.07) is 23.1. The highest BCUT2D eigenvalue weighted by molar-refractivity contribution is 6.05. The smallest absolute Gasteiger partial charge is 0.415 e. The number of halogens is 4. The first-order valence-electron chi connectivity index (χ1n) is 21.3. The van der Waals surface area contributed by atoms with Crippen LogP contribution in [0.5, 0.6) is 0 Å². The number of amides is 3. The zero-order valence-corrected chi connectivity index (χ0v) is 38.3. The summed E-state index contributed by atoms with van der Waals surface area (Å²) >= 11 is 0. The average molecular weight is 931 g/mol. The number of carbonyl (C=O) groups excluding carboxylic acids is 5. The number of hydrogen-bond donors (Lipinski definition) is 3. The minimum absolute atomic E-state index is 0.106. The summed E-state index contributed by atoms with van der Waals surface area (Å²) in [5.74, 6) is -4.59. The third-order valence-corrected chi connectivity index (χ3v) is 10.5. The van der Waals surface area contributed by atoms with Crippen LogP contribution in [0, 0.1) is 23.3 Å². The molecular formula is C49H54F4N6O8. The SMILES string of the molecule is COC(=O)C1(Cc2ccccc2)CN(C(=O)OC(C)(C)C)C(C(C)NC(=O)Cc2cc(F)cc(F)c2)=N1.COC(=O)C1(Cc2ccccc2)CN=C(C(C)NC(=O)Cc2cc(F)cc(F)c2)N1. The quantitative estimate of drug-likeness (QED) is 0.0780. The zero-order valence-electron chi connectivity index (χ0n) is 38.3. The van der Waals surface area contributed by atoms with E-state index in [4.69, 9.17) is 14.2 Å². The molecule has 6 rings (SSSR count). The summed E-state index contributed by atoms with van der Waals surface area (Å²) < 4.78 is 69.3. The first kappa shape index (κ1) is 50.9. The van der Waals surface area contributed by atoms with Crippen LogP contribution >= 0.6 is 0 Å². The lowest BCUT2D eigenvalue weighted by molar-refractivity contribution is -0.147. The van der Waals surface area contributed by atoms with Crippen LogP contribution in [-0.4, -0.2) is 102 Å². The third kappa shape index (κ3) is 13.9. The molecule has 14 nitrogen and oxygen atoms in total. The van der Waals surface area contributed by atoms with Gasteiger partial charge >= 0.3 is 18.0 Å². The molecule has 4 unspecified atom stereocenters. The van der Waals surface area contributed by atoms with Gasteiger partial charge in [-0.15, -0.1) is 0 Å². The molecule has 0 bridgehead atoms. The molecule has 2 heterocycles. The van der Waals surface area contributed by atoms with E-state index in [9.17, 15) is 41.5 Å². The Morgan fingerprint density at radius 2 is 1.15 bits per heavy atom. The lowest BCUT2D eigenvalue weighted by atomic mass is 9.91. The van der Waals surface area contributed by atoms with Gasteiger partial charge in [0.2, 0.25) is 11.8 Å². The average Bonchev–Trinajstić information content (AvgIpc) is 3.87. The molecule has 356 valence electrons. The molecule has 0 spiro atoms. The van der Waals surface area contributed by atoms with Crippen LogP contribution < -0.4 is 16.0 Å². The lowest BCUT2D eigenvalue weighted by Crippen LogP contribution is -2.57. The van der Waals surface area contributed by atoms with E-state index in [1.807, 2.05) is 60.7 Å². The monoisotopic (exact) mass is 930 g/mol. The Hall–Kier alpha value is -7.11. The number of esters is 2. The van der Waals surface area contributed by atoms with E-state index in [-0.39, 0.29) is 49.3 Å². The van der Waals surface area contributed by atoms with Gasteiger partial charge in [0, 0.05) is 25.0 Å². The van der Waals surface area contributed by atoms with E-state index in [1.165, 1.54) is 19.1 Å². The molecule has 0 aromatic heterocycles. The molecule has 4 aromatic carbocycles. The first-order chi connectivity index (χ1) is 31.6. The van der Waals surface area contributed by atoms with Crippen LogP contribution in [0.3, 0.4) is 0 Å². The van der Waals surface area contributed by atoms with E-state index < -0.39 is 81.9 Å². The van der Waals surface area contributed by atoms with Crippen LogP contribution in [0.1, 0.15) is 56.9 Å². The Balaban J connectivity index is 0.000000256. The second kappa shape index (κ2) is 21.9. The first-order valence-corrected chi connectivity index (χ1v) is 21.3. The topological polar surface area (TPSA) is 177 Å². The molecule has 3 N–H and O–H groups in total. The fourth-order valence-corrected chi connectivity index (χ4v) is 7.60. The van der Waals surface area contributed by atoms with Crippen molar-refractivity contribution in [2.75, 3.05) is 27.3 Å². The fourth-order valence-electron chi connectivity index (χ4n) is 7.60. The van der Waals surface area contributed by atoms with Crippen molar-refractivity contribution in [2.45, 2.75) is 89.1 Å². The highest BCUT2D eigenvalue weighted by Gasteiger charge is 2.51.